The maximum Gasteiger partial charge on any atom is 0.258 e. The van der Waals surface area contributed by atoms with Crippen LogP contribution in [0.1, 0.15) is 27.9 Å². The van der Waals surface area contributed by atoms with Crippen molar-refractivity contribution < 1.29 is 14.8 Å². The number of anilines is 1. The fourth-order valence-electron chi connectivity index (χ4n) is 2.72. The Balaban J connectivity index is 1.78. The zero-order valence-corrected chi connectivity index (χ0v) is 16.7. The molecule has 1 heterocycles. The lowest BCUT2D eigenvalue weighted by atomic mass is 10.1. The third kappa shape index (κ3) is 5.66. The predicted octanol–water partition coefficient (Wildman–Crippen LogP) is 4.23. The molecule has 1 aromatic heterocycles. The molecule has 0 aliphatic rings. The molecule has 3 aromatic rings. The molecule has 0 saturated carbocycles. The molecule has 0 fully saturated rings. The maximum absolute atomic E-state index is 12.9. The van der Waals surface area contributed by atoms with Gasteiger partial charge in [-0.15, -0.1) is 0 Å². The average molecular weight is 407 g/mol. The van der Waals surface area contributed by atoms with Gasteiger partial charge >= 0.3 is 0 Å². The van der Waals surface area contributed by atoms with Crippen molar-refractivity contribution in [3.05, 3.63) is 83.6 Å². The molecule has 148 valence electrons. The fourth-order valence-corrected chi connectivity index (χ4v) is 3.60. The van der Waals surface area contributed by atoms with Gasteiger partial charge in [0.25, 0.3) is 5.91 Å². The second-order valence-corrected chi connectivity index (χ2v) is 7.48. The van der Waals surface area contributed by atoms with Gasteiger partial charge < -0.3 is 5.32 Å². The number of hydroxylamine groups is 1. The van der Waals surface area contributed by atoms with Crippen molar-refractivity contribution in [2.75, 3.05) is 5.32 Å². The fraction of sp³-hybridized carbons (Fsp3) is 0.136. The summed E-state index contributed by atoms with van der Waals surface area (Å²) in [6.45, 7) is 2.02. The molecule has 29 heavy (non-hydrogen) atoms. The van der Waals surface area contributed by atoms with E-state index in [1.165, 1.54) is 17.3 Å². The van der Waals surface area contributed by atoms with Crippen molar-refractivity contribution in [1.29, 1.82) is 0 Å². The molecule has 2 amide bonds. The number of nitrogens with one attached hydrogen (secondary N) is 2. The lowest BCUT2D eigenvalue weighted by Gasteiger charge is -2.12. The lowest BCUT2D eigenvalue weighted by Crippen LogP contribution is -2.19. The molecule has 3 N–H and O–H groups in total. The first kappa shape index (κ1) is 20.6. The molecule has 0 atom stereocenters. The number of pyridine rings is 1. The molecule has 0 aliphatic carbocycles. The van der Waals surface area contributed by atoms with Crippen molar-refractivity contribution in [3.8, 4) is 0 Å². The second kappa shape index (κ2) is 9.86. The Labute approximate surface area is 173 Å². The number of benzene rings is 2. The van der Waals surface area contributed by atoms with E-state index in [4.69, 9.17) is 5.21 Å². The van der Waals surface area contributed by atoms with Gasteiger partial charge in [0.2, 0.25) is 5.91 Å². The van der Waals surface area contributed by atoms with Gasteiger partial charge in [0.1, 0.15) is 5.03 Å². The summed E-state index contributed by atoms with van der Waals surface area (Å²) >= 11 is 1.43. The first-order valence-electron chi connectivity index (χ1n) is 9.08. The highest BCUT2D eigenvalue weighted by molar-refractivity contribution is 7.99. The van der Waals surface area contributed by atoms with E-state index >= 15 is 0 Å². The van der Waals surface area contributed by atoms with Gasteiger partial charge in [-0.2, -0.15) is 0 Å². The summed E-state index contributed by atoms with van der Waals surface area (Å²) in [7, 11) is 0. The van der Waals surface area contributed by atoms with E-state index in [2.05, 4.69) is 10.3 Å². The smallest absolute Gasteiger partial charge is 0.258 e. The monoisotopic (exact) mass is 407 g/mol. The van der Waals surface area contributed by atoms with Gasteiger partial charge in [-0.3, -0.25) is 14.8 Å². The normalized spacial score (nSPS) is 10.4. The molecule has 6 nitrogen and oxygen atoms in total. The topological polar surface area (TPSA) is 91.3 Å². The minimum Gasteiger partial charge on any atom is -0.322 e. The Morgan fingerprint density at radius 2 is 1.79 bits per heavy atom. The zero-order valence-electron chi connectivity index (χ0n) is 15.9. The van der Waals surface area contributed by atoms with E-state index in [0.717, 1.165) is 10.5 Å². The number of aromatic nitrogens is 1. The average Bonchev–Trinajstić information content (AvgIpc) is 2.74. The largest absolute Gasteiger partial charge is 0.322 e. The third-order valence-electron chi connectivity index (χ3n) is 4.26. The van der Waals surface area contributed by atoms with Crippen molar-refractivity contribution in [3.63, 3.8) is 0 Å². The van der Waals surface area contributed by atoms with Crippen molar-refractivity contribution in [2.45, 2.75) is 29.7 Å². The van der Waals surface area contributed by atoms with Crippen LogP contribution in [0.15, 0.2) is 76.8 Å². The number of nitrogens with zero attached hydrogens (tertiary/aromatic N) is 1. The Morgan fingerprint density at radius 1 is 1.03 bits per heavy atom. The van der Waals surface area contributed by atoms with Gasteiger partial charge in [0, 0.05) is 23.2 Å². The molecule has 2 aromatic carbocycles. The van der Waals surface area contributed by atoms with Crippen molar-refractivity contribution >= 4 is 29.3 Å². The number of para-hydroxylation sites is 1. The standard InChI is InChI=1S/C22H21N3O3S/c1-15-8-11-17(12-9-15)29-22-18(6-4-14-23-22)21(27)24-19-7-3-2-5-16(19)10-13-20(26)25-28/h2-9,11-12,14,28H,10,13H2,1H3,(H,24,27)(H,25,26). The predicted molar refractivity (Wildman–Crippen MR) is 112 cm³/mol. The number of hydrogen-bond donors (Lipinski definition) is 3. The van der Waals surface area contributed by atoms with Crippen molar-refractivity contribution in [2.24, 2.45) is 0 Å². The summed E-state index contributed by atoms with van der Waals surface area (Å²) in [5.41, 5.74) is 4.69. The van der Waals surface area contributed by atoms with E-state index in [0.29, 0.717) is 22.7 Å². The summed E-state index contributed by atoms with van der Waals surface area (Å²) in [4.78, 5) is 29.6. The first-order chi connectivity index (χ1) is 14.1. The molecule has 0 saturated heterocycles. The molecular weight excluding hydrogens is 386 g/mol. The van der Waals surface area contributed by atoms with Crippen LogP contribution >= 0.6 is 11.8 Å². The quantitative estimate of drug-likeness (QED) is 0.403. The Kier molecular flexibility index (Phi) is 6.99. The van der Waals surface area contributed by atoms with Crippen LogP contribution in [0.2, 0.25) is 0 Å². The summed E-state index contributed by atoms with van der Waals surface area (Å²) in [6.07, 6.45) is 2.17. The van der Waals surface area contributed by atoms with Gasteiger partial charge in [-0.25, -0.2) is 10.5 Å². The maximum atomic E-state index is 12.9. The van der Waals surface area contributed by atoms with Gasteiger partial charge in [-0.05, 0) is 49.2 Å². The third-order valence-corrected chi connectivity index (χ3v) is 5.29. The van der Waals surface area contributed by atoms with E-state index in [1.54, 1.807) is 29.9 Å². The van der Waals surface area contributed by atoms with Crippen LogP contribution in [0.25, 0.3) is 0 Å². The van der Waals surface area contributed by atoms with E-state index in [1.807, 2.05) is 49.4 Å². The van der Waals surface area contributed by atoms with Gasteiger partial charge in [0.05, 0.1) is 5.56 Å². The van der Waals surface area contributed by atoms with Crippen LogP contribution in [-0.2, 0) is 11.2 Å². The minimum atomic E-state index is -0.477. The zero-order chi connectivity index (χ0) is 20.6. The van der Waals surface area contributed by atoms with Crippen LogP contribution in [0.4, 0.5) is 5.69 Å². The van der Waals surface area contributed by atoms with E-state index in [-0.39, 0.29) is 12.3 Å². The summed E-state index contributed by atoms with van der Waals surface area (Å²) < 4.78 is 0. The number of hydrogen-bond acceptors (Lipinski definition) is 5. The molecule has 3 rings (SSSR count). The molecule has 7 heteroatoms. The molecule has 0 aliphatic heterocycles. The van der Waals surface area contributed by atoms with E-state index in [9.17, 15) is 9.59 Å². The Hall–Kier alpha value is -3.16. The highest BCUT2D eigenvalue weighted by Gasteiger charge is 2.15. The van der Waals surface area contributed by atoms with Crippen LogP contribution in [0.5, 0.6) is 0 Å². The first-order valence-corrected chi connectivity index (χ1v) is 9.90. The second-order valence-electron chi connectivity index (χ2n) is 6.42. The Bertz CT molecular complexity index is 1010. The Morgan fingerprint density at radius 3 is 2.55 bits per heavy atom. The van der Waals surface area contributed by atoms with Crippen LogP contribution in [0, 0.1) is 6.92 Å². The highest BCUT2D eigenvalue weighted by Crippen LogP contribution is 2.29. The summed E-state index contributed by atoms with van der Waals surface area (Å²) in [6, 6.07) is 18.8. The van der Waals surface area contributed by atoms with Crippen LogP contribution in [-0.4, -0.2) is 22.0 Å². The summed E-state index contributed by atoms with van der Waals surface area (Å²) in [5.74, 6) is -0.748. The number of aryl methyl sites for hydroxylation is 2. The van der Waals surface area contributed by atoms with Gasteiger partial charge in [-0.1, -0.05) is 47.7 Å². The molecular formula is C22H21N3O3S. The molecule has 0 spiro atoms. The van der Waals surface area contributed by atoms with E-state index < -0.39 is 5.91 Å². The van der Waals surface area contributed by atoms with Crippen LogP contribution < -0.4 is 10.8 Å². The SMILES string of the molecule is Cc1ccc(Sc2ncccc2C(=O)Nc2ccccc2CCC(=O)NO)cc1. The van der Waals surface area contributed by atoms with Crippen molar-refractivity contribution in [1.82, 2.24) is 10.5 Å². The minimum absolute atomic E-state index is 0.116. The number of amides is 2. The highest BCUT2D eigenvalue weighted by atomic mass is 32.2. The number of carbonyl (C=O) groups is 2. The molecule has 0 unspecified atom stereocenters. The van der Waals surface area contributed by atoms with Crippen LogP contribution in [0.3, 0.4) is 0 Å². The van der Waals surface area contributed by atoms with Gasteiger partial charge in [0.15, 0.2) is 0 Å². The number of rotatable bonds is 7. The number of carbonyl (C=O) groups excluding carboxylic acids is 2. The summed E-state index contributed by atoms with van der Waals surface area (Å²) in [5, 5.41) is 12.2. The molecule has 0 radical (unpaired) electrons. The molecule has 0 bridgehead atoms. The lowest BCUT2D eigenvalue weighted by molar-refractivity contribution is -0.129.